The van der Waals surface area contributed by atoms with Crippen molar-refractivity contribution in [2.24, 2.45) is 5.84 Å². The van der Waals surface area contributed by atoms with Crippen molar-refractivity contribution in [2.75, 3.05) is 5.43 Å². The molecule has 1 heterocycles. The second-order valence-electron chi connectivity index (χ2n) is 4.77. The number of pyridine rings is 1. The third-order valence-electron chi connectivity index (χ3n) is 3.08. The summed E-state index contributed by atoms with van der Waals surface area (Å²) in [5.41, 5.74) is 4.40. The number of hydrogen-bond acceptors (Lipinski definition) is 4. The summed E-state index contributed by atoms with van der Waals surface area (Å²) < 4.78 is 12.9. The molecule has 0 bridgehead atoms. The zero-order valence-electron chi connectivity index (χ0n) is 11.9. The molecule has 4 N–H and O–H groups in total. The fraction of sp³-hybridized carbons (Fsp3) is 0.200. The molecule has 21 heavy (non-hydrogen) atoms. The van der Waals surface area contributed by atoms with Crippen molar-refractivity contribution in [3.05, 3.63) is 59.0 Å². The molecule has 0 spiro atoms. The Labute approximate surface area is 122 Å². The Balaban J connectivity index is 2.13. The van der Waals surface area contributed by atoms with Crippen LogP contribution in [0.1, 0.15) is 34.6 Å². The van der Waals surface area contributed by atoms with E-state index in [9.17, 15) is 9.18 Å². The van der Waals surface area contributed by atoms with Crippen molar-refractivity contribution >= 4 is 11.7 Å². The van der Waals surface area contributed by atoms with E-state index >= 15 is 0 Å². The van der Waals surface area contributed by atoms with Gasteiger partial charge in [-0.15, -0.1) is 0 Å². The lowest BCUT2D eigenvalue weighted by atomic mass is 10.1. The van der Waals surface area contributed by atoms with Gasteiger partial charge in [0.05, 0.1) is 6.04 Å². The molecule has 1 unspecified atom stereocenters. The molecule has 0 aliphatic rings. The smallest absolute Gasteiger partial charge is 0.251 e. The molecule has 1 amide bonds. The zero-order valence-corrected chi connectivity index (χ0v) is 11.9. The number of nitrogens with one attached hydrogen (secondary N) is 2. The monoisotopic (exact) mass is 288 g/mol. The van der Waals surface area contributed by atoms with Crippen LogP contribution in [-0.4, -0.2) is 10.9 Å². The maximum atomic E-state index is 12.9. The third kappa shape index (κ3) is 3.76. The molecule has 0 fully saturated rings. The minimum absolute atomic E-state index is 0.235. The number of nitrogen functional groups attached to an aromatic ring is 1. The summed E-state index contributed by atoms with van der Waals surface area (Å²) in [5.74, 6) is 5.19. The van der Waals surface area contributed by atoms with Crippen molar-refractivity contribution < 1.29 is 9.18 Å². The van der Waals surface area contributed by atoms with Gasteiger partial charge < -0.3 is 10.7 Å². The summed E-state index contributed by atoms with van der Waals surface area (Å²) in [6, 6.07) is 9.03. The van der Waals surface area contributed by atoms with Crippen molar-refractivity contribution in [3.63, 3.8) is 0 Å². The van der Waals surface area contributed by atoms with Gasteiger partial charge in [0.1, 0.15) is 11.6 Å². The predicted octanol–water partition coefficient (Wildman–Crippen LogP) is 2.31. The highest BCUT2D eigenvalue weighted by Gasteiger charge is 2.13. The Morgan fingerprint density at radius 1 is 1.29 bits per heavy atom. The highest BCUT2D eigenvalue weighted by Crippen LogP contribution is 2.15. The molecule has 1 aromatic carbocycles. The number of carbonyl (C=O) groups is 1. The van der Waals surface area contributed by atoms with Gasteiger partial charge in [0.25, 0.3) is 5.91 Å². The first-order valence-corrected chi connectivity index (χ1v) is 6.51. The number of nitrogens with zero attached hydrogens (tertiary/aromatic N) is 1. The fourth-order valence-electron chi connectivity index (χ4n) is 1.99. The Bertz CT molecular complexity index is 643. The summed E-state index contributed by atoms with van der Waals surface area (Å²) in [7, 11) is 0. The van der Waals surface area contributed by atoms with Crippen LogP contribution in [0.5, 0.6) is 0 Å². The van der Waals surface area contributed by atoms with Gasteiger partial charge in [-0.3, -0.25) is 4.79 Å². The van der Waals surface area contributed by atoms with Crippen LogP contribution in [0.2, 0.25) is 0 Å². The van der Waals surface area contributed by atoms with Crippen molar-refractivity contribution in [3.8, 4) is 0 Å². The lowest BCUT2D eigenvalue weighted by Crippen LogP contribution is -2.27. The van der Waals surface area contributed by atoms with Gasteiger partial charge >= 0.3 is 0 Å². The second-order valence-corrected chi connectivity index (χ2v) is 4.77. The largest absolute Gasteiger partial charge is 0.346 e. The fourth-order valence-corrected chi connectivity index (χ4v) is 1.99. The third-order valence-corrected chi connectivity index (χ3v) is 3.08. The molecule has 110 valence electrons. The van der Waals surface area contributed by atoms with Gasteiger partial charge in [0, 0.05) is 11.3 Å². The van der Waals surface area contributed by atoms with Gasteiger partial charge in [-0.25, -0.2) is 15.2 Å². The Hall–Kier alpha value is -2.47. The first-order valence-electron chi connectivity index (χ1n) is 6.51. The number of benzene rings is 1. The number of nitrogens with two attached hydrogens (primary N) is 1. The van der Waals surface area contributed by atoms with E-state index in [2.05, 4.69) is 15.7 Å². The number of anilines is 1. The van der Waals surface area contributed by atoms with Crippen molar-refractivity contribution in [1.29, 1.82) is 0 Å². The summed E-state index contributed by atoms with van der Waals surface area (Å²) in [4.78, 5) is 16.4. The van der Waals surface area contributed by atoms with Crippen LogP contribution in [0.3, 0.4) is 0 Å². The molecule has 0 saturated carbocycles. The number of hydrogen-bond donors (Lipinski definition) is 3. The molecule has 5 nitrogen and oxygen atoms in total. The highest BCUT2D eigenvalue weighted by molar-refractivity contribution is 5.95. The van der Waals surface area contributed by atoms with Gasteiger partial charge in [-0.1, -0.05) is 12.1 Å². The average molecular weight is 288 g/mol. The number of amides is 1. The molecule has 6 heteroatoms. The molecule has 0 aliphatic carbocycles. The number of aryl methyl sites for hydroxylation is 1. The normalized spacial score (nSPS) is 11.8. The lowest BCUT2D eigenvalue weighted by Gasteiger charge is -2.15. The predicted molar refractivity (Wildman–Crippen MR) is 79.1 cm³/mol. The first kappa shape index (κ1) is 14.9. The van der Waals surface area contributed by atoms with Crippen molar-refractivity contribution in [2.45, 2.75) is 19.9 Å². The number of rotatable bonds is 4. The van der Waals surface area contributed by atoms with Crippen LogP contribution in [0.4, 0.5) is 10.2 Å². The standard InChI is InChI=1S/C15H17FN4O/c1-9-7-12(8-14(18-9)20-17)15(21)19-10(2)11-3-5-13(16)6-4-11/h3-8,10H,17H2,1-2H3,(H,18,20)(H,19,21). The van der Waals surface area contributed by atoms with Crippen LogP contribution >= 0.6 is 0 Å². The minimum atomic E-state index is -0.305. The topological polar surface area (TPSA) is 80.0 Å². The molecular weight excluding hydrogens is 271 g/mol. The molecular formula is C15H17FN4O. The molecule has 0 radical (unpaired) electrons. The van der Waals surface area contributed by atoms with Crippen LogP contribution in [0, 0.1) is 12.7 Å². The molecule has 1 aromatic heterocycles. The second kappa shape index (κ2) is 6.32. The van der Waals surface area contributed by atoms with Crippen LogP contribution in [0.15, 0.2) is 36.4 Å². The van der Waals surface area contributed by atoms with Gasteiger partial charge in [-0.05, 0) is 43.7 Å². The molecule has 1 atom stereocenters. The maximum Gasteiger partial charge on any atom is 0.251 e. The number of halogens is 1. The molecule has 0 aliphatic heterocycles. The molecule has 2 rings (SSSR count). The van der Waals surface area contributed by atoms with Gasteiger partial charge in [0.15, 0.2) is 0 Å². The first-order chi connectivity index (χ1) is 9.99. The number of carbonyl (C=O) groups excluding carboxylic acids is 1. The summed E-state index contributed by atoms with van der Waals surface area (Å²) in [5, 5.41) is 2.85. The average Bonchev–Trinajstić information content (AvgIpc) is 2.47. The van der Waals surface area contributed by atoms with E-state index in [0.717, 1.165) is 5.56 Å². The number of aromatic nitrogens is 1. The minimum Gasteiger partial charge on any atom is -0.346 e. The molecule has 2 aromatic rings. The highest BCUT2D eigenvalue weighted by atomic mass is 19.1. The Morgan fingerprint density at radius 3 is 2.57 bits per heavy atom. The Kier molecular flexibility index (Phi) is 4.49. The van der Waals surface area contributed by atoms with E-state index in [1.165, 1.54) is 12.1 Å². The van der Waals surface area contributed by atoms with Gasteiger partial charge in [0.2, 0.25) is 0 Å². The number of hydrazine groups is 1. The maximum absolute atomic E-state index is 12.9. The van der Waals surface area contributed by atoms with Crippen molar-refractivity contribution in [1.82, 2.24) is 10.3 Å². The van der Waals surface area contributed by atoms with E-state index in [0.29, 0.717) is 17.1 Å². The van der Waals surface area contributed by atoms with Crippen LogP contribution in [-0.2, 0) is 0 Å². The Morgan fingerprint density at radius 2 is 1.95 bits per heavy atom. The summed E-state index contributed by atoms with van der Waals surface area (Å²) in [6.07, 6.45) is 0. The van der Waals surface area contributed by atoms with E-state index in [4.69, 9.17) is 5.84 Å². The lowest BCUT2D eigenvalue weighted by molar-refractivity contribution is 0.0939. The van der Waals surface area contributed by atoms with E-state index in [1.54, 1.807) is 31.2 Å². The van der Waals surface area contributed by atoms with E-state index < -0.39 is 0 Å². The van der Waals surface area contributed by atoms with E-state index in [1.807, 2.05) is 6.92 Å². The zero-order chi connectivity index (χ0) is 15.4. The molecule has 0 saturated heterocycles. The quantitative estimate of drug-likeness (QED) is 0.596. The SMILES string of the molecule is Cc1cc(C(=O)NC(C)c2ccc(F)cc2)cc(NN)n1. The van der Waals surface area contributed by atoms with Gasteiger partial charge in [-0.2, -0.15) is 0 Å². The van der Waals surface area contributed by atoms with Crippen LogP contribution < -0.4 is 16.6 Å². The van der Waals surface area contributed by atoms with Crippen LogP contribution in [0.25, 0.3) is 0 Å². The van der Waals surface area contributed by atoms with E-state index in [-0.39, 0.29) is 17.8 Å². The summed E-state index contributed by atoms with van der Waals surface area (Å²) >= 11 is 0. The summed E-state index contributed by atoms with van der Waals surface area (Å²) in [6.45, 7) is 3.61.